The third-order valence-corrected chi connectivity index (χ3v) is 8.58. The van der Waals surface area contributed by atoms with Gasteiger partial charge in [0.25, 0.3) is 0 Å². The summed E-state index contributed by atoms with van der Waals surface area (Å²) >= 11 is 0. The Morgan fingerprint density at radius 3 is 1.87 bits per heavy atom. The Bertz CT molecular complexity index is 1190. The van der Waals surface area contributed by atoms with Gasteiger partial charge in [-0.25, -0.2) is 18.0 Å². The Morgan fingerprint density at radius 2 is 1.37 bits per heavy atom. The van der Waals surface area contributed by atoms with Crippen molar-refractivity contribution < 1.29 is 37.0 Å². The molecule has 0 radical (unpaired) electrons. The molecule has 0 spiro atoms. The second-order valence-electron chi connectivity index (χ2n) is 10.5. The topological polar surface area (TPSA) is 125 Å². The van der Waals surface area contributed by atoms with E-state index in [0.29, 0.717) is 0 Å². The number of benzene rings is 2. The van der Waals surface area contributed by atoms with Gasteiger partial charge in [0.05, 0.1) is 23.5 Å². The van der Waals surface area contributed by atoms with Crippen LogP contribution in [0.25, 0.3) is 0 Å². The van der Waals surface area contributed by atoms with Gasteiger partial charge in [-0.1, -0.05) is 60.7 Å². The number of alkyl carbamates (subject to hydrolysis) is 1. The number of carbonyl (C=O) groups is 3. The summed E-state index contributed by atoms with van der Waals surface area (Å²) in [7, 11) is -3.13. The summed E-state index contributed by atoms with van der Waals surface area (Å²) in [6.45, 7) is 7.50. The van der Waals surface area contributed by atoms with Gasteiger partial charge in [0.15, 0.2) is 9.84 Å². The van der Waals surface area contributed by atoms with Crippen molar-refractivity contribution in [2.75, 3.05) is 12.9 Å². The van der Waals surface area contributed by atoms with Crippen LogP contribution >= 0.6 is 0 Å². The van der Waals surface area contributed by atoms with Crippen LogP contribution in [0.1, 0.15) is 45.7 Å². The fourth-order valence-corrected chi connectivity index (χ4v) is 5.40. The monoisotopic (exact) mass is 547 g/mol. The van der Waals surface area contributed by atoms with Crippen LogP contribution in [0.15, 0.2) is 60.7 Å². The highest BCUT2D eigenvalue weighted by atomic mass is 32.2. The van der Waals surface area contributed by atoms with Gasteiger partial charge in [0.2, 0.25) is 0 Å². The molecule has 0 aliphatic rings. The second-order valence-corrected chi connectivity index (χ2v) is 13.1. The van der Waals surface area contributed by atoms with Gasteiger partial charge in [0, 0.05) is 0 Å². The lowest BCUT2D eigenvalue weighted by molar-refractivity contribution is -0.149. The molecule has 0 aliphatic heterocycles. The van der Waals surface area contributed by atoms with Crippen molar-refractivity contribution in [3.05, 3.63) is 71.8 Å². The number of hydrogen-bond acceptors (Lipinski definition) is 8. The van der Waals surface area contributed by atoms with E-state index in [0.717, 1.165) is 18.2 Å². The Labute approximate surface area is 224 Å². The average Bonchev–Trinajstić information content (AvgIpc) is 2.84. The minimum absolute atomic E-state index is 0.0145. The van der Waals surface area contributed by atoms with Gasteiger partial charge in [-0.3, -0.25) is 4.79 Å². The van der Waals surface area contributed by atoms with Gasteiger partial charge in [0.1, 0.15) is 18.2 Å². The van der Waals surface area contributed by atoms with Crippen LogP contribution in [0.5, 0.6) is 0 Å². The maximum absolute atomic E-state index is 13.8. The molecule has 0 heterocycles. The molecule has 0 fully saturated rings. The predicted molar refractivity (Wildman–Crippen MR) is 143 cm³/mol. The number of hydrogen-bond donors (Lipinski definition) is 1. The van der Waals surface area contributed by atoms with E-state index in [1.165, 1.54) is 13.8 Å². The van der Waals surface area contributed by atoms with E-state index in [-0.39, 0.29) is 13.0 Å². The molecule has 1 unspecified atom stereocenters. The van der Waals surface area contributed by atoms with Crippen molar-refractivity contribution in [3.8, 4) is 0 Å². The highest BCUT2D eigenvalue weighted by Gasteiger charge is 2.49. The van der Waals surface area contributed by atoms with Gasteiger partial charge in [-0.05, 0) is 52.2 Å². The zero-order valence-electron chi connectivity index (χ0n) is 22.7. The standard InChI is InChI=1S/C28H37NO8S/c1-27(2,3)37-26(32)29-23(25(31)35-6)28(4,5)38(33,34)19-22(17-20-13-9-7-10-14-20)24(30)36-18-21-15-11-8-12-16-21/h7-16,22-23H,17-19H2,1-6H3,(H,29,32)/t22?,23-/m0/s1. The summed E-state index contributed by atoms with van der Waals surface area (Å²) in [5.41, 5.74) is 0.630. The number of amides is 1. The van der Waals surface area contributed by atoms with Crippen molar-refractivity contribution in [1.29, 1.82) is 0 Å². The molecular formula is C28H37NO8S. The van der Waals surface area contributed by atoms with Crippen LogP contribution in [0.3, 0.4) is 0 Å². The van der Waals surface area contributed by atoms with E-state index in [1.807, 2.05) is 24.3 Å². The smallest absolute Gasteiger partial charge is 0.408 e. The molecule has 1 amide bonds. The van der Waals surface area contributed by atoms with Crippen LogP contribution in [-0.4, -0.2) is 55.7 Å². The summed E-state index contributed by atoms with van der Waals surface area (Å²) in [6, 6.07) is 16.4. The lowest BCUT2D eigenvalue weighted by atomic mass is 10.0. The van der Waals surface area contributed by atoms with Gasteiger partial charge in [-0.2, -0.15) is 0 Å². The number of esters is 2. The van der Waals surface area contributed by atoms with Crippen LogP contribution in [0.2, 0.25) is 0 Å². The molecule has 0 saturated heterocycles. The van der Waals surface area contributed by atoms with Crippen molar-refractivity contribution in [2.24, 2.45) is 5.92 Å². The van der Waals surface area contributed by atoms with E-state index in [9.17, 15) is 22.8 Å². The van der Waals surface area contributed by atoms with E-state index in [4.69, 9.17) is 14.2 Å². The number of nitrogens with one attached hydrogen (secondary N) is 1. The summed E-state index contributed by atoms with van der Waals surface area (Å²) in [5, 5.41) is 2.34. The maximum atomic E-state index is 13.8. The first-order valence-corrected chi connectivity index (χ1v) is 13.9. The molecule has 0 bridgehead atoms. The lowest BCUT2D eigenvalue weighted by Crippen LogP contribution is -2.59. The van der Waals surface area contributed by atoms with Gasteiger partial charge >= 0.3 is 18.0 Å². The van der Waals surface area contributed by atoms with Gasteiger partial charge < -0.3 is 19.5 Å². The second kappa shape index (κ2) is 12.9. The molecule has 2 aromatic rings. The van der Waals surface area contributed by atoms with Crippen LogP contribution in [0, 0.1) is 5.92 Å². The zero-order chi connectivity index (χ0) is 28.6. The minimum atomic E-state index is -4.22. The number of ether oxygens (including phenoxy) is 3. The Hall–Kier alpha value is -3.40. The fourth-order valence-electron chi connectivity index (χ4n) is 3.67. The van der Waals surface area contributed by atoms with Crippen LogP contribution in [0.4, 0.5) is 4.79 Å². The quantitative estimate of drug-likeness (QED) is 0.332. The molecule has 0 saturated carbocycles. The average molecular weight is 548 g/mol. The van der Waals surface area contributed by atoms with Crippen molar-refractivity contribution >= 4 is 27.9 Å². The highest BCUT2D eigenvalue weighted by Crippen LogP contribution is 2.27. The molecule has 10 heteroatoms. The third kappa shape index (κ3) is 8.86. The summed E-state index contributed by atoms with van der Waals surface area (Å²) in [4.78, 5) is 38.2. The molecule has 208 valence electrons. The first-order chi connectivity index (χ1) is 17.7. The number of methoxy groups -OCH3 is 1. The van der Waals surface area contributed by atoms with E-state index >= 15 is 0 Å². The molecule has 1 N–H and O–H groups in total. The Kier molecular flexibility index (Phi) is 10.5. The highest BCUT2D eigenvalue weighted by molar-refractivity contribution is 7.92. The van der Waals surface area contributed by atoms with Crippen molar-refractivity contribution in [1.82, 2.24) is 5.32 Å². The zero-order valence-corrected chi connectivity index (χ0v) is 23.5. The van der Waals surface area contributed by atoms with Crippen LogP contribution in [-0.2, 0) is 46.7 Å². The van der Waals surface area contributed by atoms with Crippen molar-refractivity contribution in [3.63, 3.8) is 0 Å². The first kappa shape index (κ1) is 30.8. The van der Waals surface area contributed by atoms with E-state index in [1.54, 1.807) is 57.2 Å². The molecule has 2 rings (SSSR count). The SMILES string of the molecule is COC(=O)[C@H](NC(=O)OC(C)(C)C)C(C)(C)S(=O)(=O)CC(Cc1ccccc1)C(=O)OCc1ccccc1. The van der Waals surface area contributed by atoms with Crippen LogP contribution < -0.4 is 5.32 Å². The predicted octanol–water partition coefficient (Wildman–Crippen LogP) is 3.85. The summed E-state index contributed by atoms with van der Waals surface area (Å²) in [5.74, 6) is -3.33. The number of carbonyl (C=O) groups excluding carboxylic acids is 3. The molecular weight excluding hydrogens is 510 g/mol. The summed E-state index contributed by atoms with van der Waals surface area (Å²) < 4.78 is 41.1. The Balaban J connectivity index is 2.33. The molecule has 2 atom stereocenters. The molecule has 9 nitrogen and oxygen atoms in total. The normalized spacial score (nSPS) is 13.6. The molecule has 0 aliphatic carbocycles. The van der Waals surface area contributed by atoms with E-state index in [2.05, 4.69) is 5.32 Å². The van der Waals surface area contributed by atoms with E-state index < -0.39 is 55.9 Å². The van der Waals surface area contributed by atoms with Crippen molar-refractivity contribution in [2.45, 2.75) is 64.0 Å². The molecule has 0 aromatic heterocycles. The van der Waals surface area contributed by atoms with Gasteiger partial charge in [-0.15, -0.1) is 0 Å². The maximum Gasteiger partial charge on any atom is 0.408 e. The molecule has 2 aromatic carbocycles. The Morgan fingerprint density at radius 1 is 0.842 bits per heavy atom. The minimum Gasteiger partial charge on any atom is -0.467 e. The first-order valence-electron chi connectivity index (χ1n) is 12.2. The largest absolute Gasteiger partial charge is 0.467 e. The number of rotatable bonds is 11. The fraction of sp³-hybridized carbons (Fsp3) is 0.464. The third-order valence-electron chi connectivity index (χ3n) is 5.90. The molecule has 38 heavy (non-hydrogen) atoms. The lowest BCUT2D eigenvalue weighted by Gasteiger charge is -2.34. The number of sulfone groups is 1. The summed E-state index contributed by atoms with van der Waals surface area (Å²) in [6.07, 6.45) is -0.870.